The van der Waals surface area contributed by atoms with Gasteiger partial charge < -0.3 is 9.84 Å². The van der Waals surface area contributed by atoms with E-state index in [1.165, 1.54) is 12.1 Å². The number of aliphatic hydroxyl groups is 1. The van der Waals surface area contributed by atoms with E-state index in [0.717, 1.165) is 48.6 Å². The summed E-state index contributed by atoms with van der Waals surface area (Å²) in [6.07, 6.45) is 5.85. The van der Waals surface area contributed by atoms with E-state index in [4.69, 9.17) is 4.74 Å². The molecule has 2 aliphatic rings. The smallest absolute Gasteiger partial charge is 0.213 e. The van der Waals surface area contributed by atoms with Crippen LogP contribution in [-0.2, 0) is 12.8 Å². The lowest BCUT2D eigenvalue weighted by molar-refractivity contribution is 0.139. The number of pyridine rings is 1. The molecule has 0 saturated heterocycles. The number of ether oxygens (including phenoxy) is 1. The Labute approximate surface area is 168 Å². The Morgan fingerprint density at radius 1 is 1.03 bits per heavy atom. The van der Waals surface area contributed by atoms with Crippen LogP contribution in [0.25, 0.3) is 5.69 Å². The van der Waals surface area contributed by atoms with Gasteiger partial charge in [0.25, 0.3) is 0 Å². The van der Waals surface area contributed by atoms with Crippen molar-refractivity contribution in [2.24, 2.45) is 0 Å². The topological polar surface area (TPSA) is 73.1 Å². The molecule has 1 N–H and O–H groups in total. The molecule has 3 heterocycles. The van der Waals surface area contributed by atoms with Crippen molar-refractivity contribution >= 4 is 0 Å². The lowest BCUT2D eigenvalue weighted by Crippen LogP contribution is -2.25. The summed E-state index contributed by atoms with van der Waals surface area (Å²) in [6, 6.07) is 10.4. The molecule has 0 spiro atoms. The molecule has 0 amide bonds. The highest BCUT2D eigenvalue weighted by Crippen LogP contribution is 2.36. The van der Waals surface area contributed by atoms with Crippen LogP contribution in [-0.4, -0.2) is 37.1 Å². The van der Waals surface area contributed by atoms with Crippen LogP contribution in [0.5, 0.6) is 5.88 Å². The summed E-state index contributed by atoms with van der Waals surface area (Å²) in [5.41, 5.74) is 1.68. The standard InChI is InChI=1S/C22H23FN4O2/c23-16-6-9-19-15(11-16)12-17(28)13-20-25-26-22(27(19)20)14-4-7-18(8-5-14)29-21-3-1-2-10-24-21/h1-3,6,9-11,14,17-18,28H,4-5,7-8,12-13H2. The molecule has 0 radical (unpaired) electrons. The van der Waals surface area contributed by atoms with E-state index in [0.29, 0.717) is 18.7 Å². The van der Waals surface area contributed by atoms with Crippen molar-refractivity contribution in [3.63, 3.8) is 0 Å². The third kappa shape index (κ3) is 3.62. The van der Waals surface area contributed by atoms with E-state index in [1.54, 1.807) is 12.3 Å². The van der Waals surface area contributed by atoms with Gasteiger partial charge >= 0.3 is 0 Å². The predicted molar refractivity (Wildman–Crippen MR) is 105 cm³/mol. The fraction of sp³-hybridized carbons (Fsp3) is 0.409. The maximum atomic E-state index is 13.8. The number of hydrogen-bond acceptors (Lipinski definition) is 5. The first-order valence-electron chi connectivity index (χ1n) is 10.2. The molecular weight excluding hydrogens is 371 g/mol. The van der Waals surface area contributed by atoms with E-state index >= 15 is 0 Å². The van der Waals surface area contributed by atoms with Gasteiger partial charge in [-0.15, -0.1) is 10.2 Å². The van der Waals surface area contributed by atoms with E-state index < -0.39 is 6.10 Å². The molecule has 6 nitrogen and oxygen atoms in total. The van der Waals surface area contributed by atoms with Crippen LogP contribution < -0.4 is 4.74 Å². The summed E-state index contributed by atoms with van der Waals surface area (Å²) in [4.78, 5) is 4.25. The molecule has 3 aromatic rings. The largest absolute Gasteiger partial charge is 0.474 e. The third-order valence-corrected chi connectivity index (χ3v) is 5.88. The molecule has 150 valence electrons. The number of hydrogen-bond donors (Lipinski definition) is 1. The molecule has 2 aromatic heterocycles. The monoisotopic (exact) mass is 394 g/mol. The lowest BCUT2D eigenvalue weighted by Gasteiger charge is -2.28. The van der Waals surface area contributed by atoms with Gasteiger partial charge in [-0.25, -0.2) is 9.37 Å². The van der Waals surface area contributed by atoms with Gasteiger partial charge in [0.15, 0.2) is 0 Å². The van der Waals surface area contributed by atoms with Crippen molar-refractivity contribution in [3.8, 4) is 11.6 Å². The third-order valence-electron chi connectivity index (χ3n) is 5.88. The van der Waals surface area contributed by atoms with Crippen LogP contribution in [0.3, 0.4) is 0 Å². The van der Waals surface area contributed by atoms with E-state index in [1.807, 2.05) is 22.8 Å². The fourth-order valence-corrected chi connectivity index (χ4v) is 4.49. The van der Waals surface area contributed by atoms with Gasteiger partial charge in [-0.2, -0.15) is 0 Å². The predicted octanol–water partition coefficient (Wildman–Crippen LogP) is 3.37. The second-order valence-corrected chi connectivity index (χ2v) is 7.90. The maximum absolute atomic E-state index is 13.8. The Morgan fingerprint density at radius 3 is 2.69 bits per heavy atom. The summed E-state index contributed by atoms with van der Waals surface area (Å²) in [5.74, 6) is 2.27. The number of aliphatic hydroxyl groups excluding tert-OH is 1. The number of halogens is 1. The van der Waals surface area contributed by atoms with Crippen molar-refractivity contribution in [1.82, 2.24) is 19.7 Å². The molecule has 29 heavy (non-hydrogen) atoms. The first-order chi connectivity index (χ1) is 14.2. The van der Waals surface area contributed by atoms with Crippen molar-refractivity contribution in [1.29, 1.82) is 0 Å². The van der Waals surface area contributed by atoms with Crippen LogP contribution >= 0.6 is 0 Å². The second kappa shape index (κ2) is 7.55. The molecule has 1 saturated carbocycles. The summed E-state index contributed by atoms with van der Waals surface area (Å²) < 4.78 is 21.8. The average molecular weight is 394 g/mol. The van der Waals surface area contributed by atoms with Gasteiger partial charge in [-0.1, -0.05) is 6.07 Å². The van der Waals surface area contributed by atoms with Crippen LogP contribution in [0, 0.1) is 5.82 Å². The van der Waals surface area contributed by atoms with Crippen molar-refractivity contribution in [3.05, 3.63) is 65.6 Å². The normalized spacial score (nSPS) is 23.7. The Morgan fingerprint density at radius 2 is 1.90 bits per heavy atom. The first kappa shape index (κ1) is 18.2. The molecule has 1 aliphatic heterocycles. The highest BCUT2D eigenvalue weighted by atomic mass is 19.1. The van der Waals surface area contributed by atoms with Crippen LogP contribution in [0.15, 0.2) is 42.6 Å². The summed E-state index contributed by atoms with van der Waals surface area (Å²) >= 11 is 0. The number of rotatable bonds is 3. The van der Waals surface area contributed by atoms with Crippen molar-refractivity contribution in [2.45, 2.75) is 56.7 Å². The summed E-state index contributed by atoms with van der Waals surface area (Å²) in [7, 11) is 0. The van der Waals surface area contributed by atoms with Crippen LogP contribution in [0.2, 0.25) is 0 Å². The number of aromatic nitrogens is 4. The SMILES string of the molecule is OC1Cc2cc(F)ccc2-n2c(nnc2C2CCC(Oc3ccccn3)CC2)C1. The molecule has 0 bridgehead atoms. The van der Waals surface area contributed by atoms with Crippen LogP contribution in [0.1, 0.15) is 48.8 Å². The molecule has 1 atom stereocenters. The van der Waals surface area contributed by atoms with Gasteiger partial charge in [0.2, 0.25) is 5.88 Å². The van der Waals surface area contributed by atoms with Gasteiger partial charge in [0.05, 0.1) is 11.8 Å². The van der Waals surface area contributed by atoms with Crippen molar-refractivity contribution in [2.75, 3.05) is 0 Å². The fourth-order valence-electron chi connectivity index (χ4n) is 4.49. The van der Waals surface area contributed by atoms with E-state index in [9.17, 15) is 9.50 Å². The summed E-state index contributed by atoms with van der Waals surface area (Å²) in [5, 5.41) is 19.2. The van der Waals surface area contributed by atoms with Gasteiger partial charge in [-0.3, -0.25) is 4.57 Å². The van der Waals surface area contributed by atoms with Gasteiger partial charge in [-0.05, 0) is 55.5 Å². The average Bonchev–Trinajstić information content (AvgIpc) is 3.06. The maximum Gasteiger partial charge on any atom is 0.213 e. The lowest BCUT2D eigenvalue weighted by atomic mass is 9.86. The molecule has 1 aliphatic carbocycles. The highest BCUT2D eigenvalue weighted by molar-refractivity contribution is 5.45. The van der Waals surface area contributed by atoms with E-state index in [-0.39, 0.29) is 17.8 Å². The minimum absolute atomic E-state index is 0.149. The molecular formula is C22H23FN4O2. The Balaban J connectivity index is 1.38. The Kier molecular flexibility index (Phi) is 4.75. The van der Waals surface area contributed by atoms with Crippen LogP contribution in [0.4, 0.5) is 4.39 Å². The zero-order valence-corrected chi connectivity index (χ0v) is 16.0. The second-order valence-electron chi connectivity index (χ2n) is 7.90. The molecule has 1 aromatic carbocycles. The zero-order chi connectivity index (χ0) is 19.8. The Hall–Kier alpha value is -2.80. The molecule has 5 rings (SSSR count). The summed E-state index contributed by atoms with van der Waals surface area (Å²) in [6.45, 7) is 0. The van der Waals surface area contributed by atoms with E-state index in [2.05, 4.69) is 15.2 Å². The Bertz CT molecular complexity index is 999. The quantitative estimate of drug-likeness (QED) is 0.737. The minimum atomic E-state index is -0.587. The van der Waals surface area contributed by atoms with Gasteiger partial charge in [0.1, 0.15) is 23.6 Å². The zero-order valence-electron chi connectivity index (χ0n) is 16.0. The first-order valence-corrected chi connectivity index (χ1v) is 10.2. The number of fused-ring (bicyclic) bond motifs is 3. The number of benzene rings is 1. The highest BCUT2D eigenvalue weighted by Gasteiger charge is 2.31. The van der Waals surface area contributed by atoms with Gasteiger partial charge in [0, 0.05) is 31.0 Å². The number of nitrogens with zero attached hydrogens (tertiary/aromatic N) is 4. The minimum Gasteiger partial charge on any atom is -0.474 e. The molecule has 7 heteroatoms. The molecule has 1 unspecified atom stereocenters. The van der Waals surface area contributed by atoms with Crippen molar-refractivity contribution < 1.29 is 14.2 Å². The molecule has 1 fully saturated rings.